The molecule has 0 unspecified atom stereocenters. The third kappa shape index (κ3) is 2.89. The summed E-state index contributed by atoms with van der Waals surface area (Å²) in [5.41, 5.74) is 0. The summed E-state index contributed by atoms with van der Waals surface area (Å²) >= 11 is 0. The van der Waals surface area contributed by atoms with Gasteiger partial charge in [-0.05, 0) is 25.0 Å². The van der Waals surface area contributed by atoms with E-state index < -0.39 is 6.61 Å². The molecule has 0 atom stereocenters. The first-order valence-electron chi connectivity index (χ1n) is 5.37. The molecule has 1 saturated carbocycles. The van der Waals surface area contributed by atoms with E-state index in [1.807, 2.05) is 0 Å². The summed E-state index contributed by atoms with van der Waals surface area (Å²) < 4.78 is 28.5. The number of alkyl halides is 2. The van der Waals surface area contributed by atoms with Crippen molar-refractivity contribution in [3.05, 3.63) is 18.3 Å². The number of nitrogens with one attached hydrogen (secondary N) is 1. The number of carbonyl (C=O) groups excluding carboxylic acids is 1. The maximum atomic E-state index is 12.1. The Balaban J connectivity index is 2.05. The lowest BCUT2D eigenvalue weighted by atomic mass is 9.85. The number of amides is 1. The van der Waals surface area contributed by atoms with Crippen LogP contribution in [0.4, 0.5) is 14.6 Å². The van der Waals surface area contributed by atoms with E-state index in [0.29, 0.717) is 0 Å². The van der Waals surface area contributed by atoms with E-state index >= 15 is 0 Å². The minimum atomic E-state index is -2.93. The predicted octanol–water partition coefficient (Wildman–Crippen LogP) is 2.42. The van der Waals surface area contributed by atoms with E-state index in [1.54, 1.807) is 0 Å². The SMILES string of the molecule is O=C(Nc1ncccc1OC(F)F)C1CCC1. The Bertz CT molecular complexity index is 408. The summed E-state index contributed by atoms with van der Waals surface area (Å²) in [6, 6.07) is 2.81. The van der Waals surface area contributed by atoms with Gasteiger partial charge in [-0.1, -0.05) is 6.42 Å². The van der Waals surface area contributed by atoms with Crippen molar-refractivity contribution < 1.29 is 18.3 Å². The van der Waals surface area contributed by atoms with Gasteiger partial charge in [0.1, 0.15) is 0 Å². The zero-order chi connectivity index (χ0) is 12.3. The standard InChI is InChI=1S/C11H12F2N2O2/c12-11(13)17-8-5-2-6-14-9(8)15-10(16)7-3-1-4-7/h2,5-7,11H,1,3-4H2,(H,14,15,16). The minimum absolute atomic E-state index is 0.0311. The number of hydrogen-bond acceptors (Lipinski definition) is 3. The van der Waals surface area contributed by atoms with Crippen molar-refractivity contribution >= 4 is 11.7 Å². The summed E-state index contributed by atoms with van der Waals surface area (Å²) in [7, 11) is 0. The zero-order valence-electron chi connectivity index (χ0n) is 9.03. The van der Waals surface area contributed by atoms with Crippen LogP contribution in [0.15, 0.2) is 18.3 Å². The van der Waals surface area contributed by atoms with E-state index in [4.69, 9.17) is 0 Å². The smallest absolute Gasteiger partial charge is 0.387 e. The molecule has 0 spiro atoms. The first-order valence-corrected chi connectivity index (χ1v) is 5.37. The Kier molecular flexibility index (Phi) is 3.51. The van der Waals surface area contributed by atoms with Gasteiger partial charge < -0.3 is 10.1 Å². The first-order chi connectivity index (χ1) is 8.16. The van der Waals surface area contributed by atoms with Crippen molar-refractivity contribution in [2.24, 2.45) is 5.92 Å². The van der Waals surface area contributed by atoms with Crippen molar-refractivity contribution in [3.8, 4) is 5.75 Å². The summed E-state index contributed by atoms with van der Waals surface area (Å²) in [5, 5.41) is 2.51. The van der Waals surface area contributed by atoms with Crippen LogP contribution in [0.2, 0.25) is 0 Å². The number of hydrogen-bond donors (Lipinski definition) is 1. The van der Waals surface area contributed by atoms with E-state index in [0.717, 1.165) is 19.3 Å². The van der Waals surface area contributed by atoms with Crippen LogP contribution in [0.1, 0.15) is 19.3 Å². The number of aromatic nitrogens is 1. The molecule has 0 radical (unpaired) electrons. The van der Waals surface area contributed by atoms with Crippen LogP contribution in [0.3, 0.4) is 0 Å². The highest BCUT2D eigenvalue weighted by atomic mass is 19.3. The van der Waals surface area contributed by atoms with Crippen LogP contribution >= 0.6 is 0 Å². The molecule has 2 rings (SSSR count). The van der Waals surface area contributed by atoms with Crippen LogP contribution in [0.5, 0.6) is 5.75 Å². The van der Waals surface area contributed by atoms with E-state index in [9.17, 15) is 13.6 Å². The third-order valence-corrected chi connectivity index (χ3v) is 2.70. The van der Waals surface area contributed by atoms with Gasteiger partial charge in [-0.25, -0.2) is 4.98 Å². The fourth-order valence-corrected chi connectivity index (χ4v) is 1.56. The van der Waals surface area contributed by atoms with Gasteiger partial charge >= 0.3 is 6.61 Å². The minimum Gasteiger partial charge on any atom is -0.431 e. The Hall–Kier alpha value is -1.72. The van der Waals surface area contributed by atoms with Gasteiger partial charge in [0.25, 0.3) is 0 Å². The van der Waals surface area contributed by atoms with Crippen LogP contribution in [-0.2, 0) is 4.79 Å². The lowest BCUT2D eigenvalue weighted by Gasteiger charge is -2.24. The Labute approximate surface area is 97.0 Å². The normalized spacial score (nSPS) is 15.5. The van der Waals surface area contributed by atoms with Crippen LogP contribution in [-0.4, -0.2) is 17.5 Å². The molecule has 0 bridgehead atoms. The molecule has 0 aromatic carbocycles. The average molecular weight is 242 g/mol. The summed E-state index contributed by atoms with van der Waals surface area (Å²) in [4.78, 5) is 15.5. The van der Waals surface area contributed by atoms with Gasteiger partial charge in [-0.15, -0.1) is 0 Å². The molecule has 17 heavy (non-hydrogen) atoms. The molecule has 1 fully saturated rings. The molecule has 1 aliphatic carbocycles. The monoisotopic (exact) mass is 242 g/mol. The molecule has 0 aliphatic heterocycles. The number of ether oxygens (including phenoxy) is 1. The zero-order valence-corrected chi connectivity index (χ0v) is 9.03. The average Bonchev–Trinajstić information content (AvgIpc) is 2.17. The molecule has 1 amide bonds. The fourth-order valence-electron chi connectivity index (χ4n) is 1.56. The summed E-state index contributed by atoms with van der Waals surface area (Å²) in [5.74, 6) is -0.287. The highest BCUT2D eigenvalue weighted by Crippen LogP contribution is 2.29. The second kappa shape index (κ2) is 5.07. The number of nitrogens with zero attached hydrogens (tertiary/aromatic N) is 1. The number of anilines is 1. The van der Waals surface area contributed by atoms with Crippen molar-refractivity contribution in [1.29, 1.82) is 0 Å². The summed E-state index contributed by atoms with van der Waals surface area (Å²) in [6.07, 6.45) is 4.11. The number of halogens is 2. The van der Waals surface area contributed by atoms with Crippen molar-refractivity contribution in [3.63, 3.8) is 0 Å². The molecular formula is C11H12F2N2O2. The highest BCUT2D eigenvalue weighted by molar-refractivity contribution is 5.93. The first kappa shape index (κ1) is 11.8. The molecule has 0 saturated heterocycles. The van der Waals surface area contributed by atoms with E-state index in [1.165, 1.54) is 18.3 Å². The van der Waals surface area contributed by atoms with E-state index in [-0.39, 0.29) is 23.4 Å². The lowest BCUT2D eigenvalue weighted by molar-refractivity contribution is -0.122. The molecule has 1 aromatic heterocycles. The molecule has 1 N–H and O–H groups in total. The third-order valence-electron chi connectivity index (χ3n) is 2.70. The molecule has 6 heteroatoms. The maximum absolute atomic E-state index is 12.1. The lowest BCUT2D eigenvalue weighted by Crippen LogP contribution is -2.28. The molecule has 92 valence electrons. The summed E-state index contributed by atoms with van der Waals surface area (Å²) in [6.45, 7) is -2.93. The van der Waals surface area contributed by atoms with Gasteiger partial charge in [-0.2, -0.15) is 8.78 Å². The van der Waals surface area contributed by atoms with Gasteiger partial charge in [0.2, 0.25) is 5.91 Å². The van der Waals surface area contributed by atoms with Crippen molar-refractivity contribution in [1.82, 2.24) is 4.98 Å². The Morgan fingerprint density at radius 3 is 2.88 bits per heavy atom. The Morgan fingerprint density at radius 2 is 2.29 bits per heavy atom. The van der Waals surface area contributed by atoms with Crippen molar-refractivity contribution in [2.75, 3.05) is 5.32 Å². The topological polar surface area (TPSA) is 51.2 Å². The van der Waals surface area contributed by atoms with E-state index in [2.05, 4.69) is 15.0 Å². The molecular weight excluding hydrogens is 230 g/mol. The Morgan fingerprint density at radius 1 is 1.53 bits per heavy atom. The second-order valence-electron chi connectivity index (χ2n) is 3.85. The molecule has 1 aromatic rings. The molecule has 4 nitrogen and oxygen atoms in total. The predicted molar refractivity (Wildman–Crippen MR) is 56.8 cm³/mol. The van der Waals surface area contributed by atoms with Crippen LogP contribution in [0.25, 0.3) is 0 Å². The molecule has 1 heterocycles. The number of pyridine rings is 1. The quantitative estimate of drug-likeness (QED) is 0.882. The maximum Gasteiger partial charge on any atom is 0.387 e. The highest BCUT2D eigenvalue weighted by Gasteiger charge is 2.26. The number of rotatable bonds is 4. The van der Waals surface area contributed by atoms with Crippen LogP contribution < -0.4 is 10.1 Å². The van der Waals surface area contributed by atoms with Gasteiger partial charge in [0.15, 0.2) is 11.6 Å². The second-order valence-corrected chi connectivity index (χ2v) is 3.85. The van der Waals surface area contributed by atoms with Gasteiger partial charge in [0.05, 0.1) is 0 Å². The molecule has 1 aliphatic rings. The van der Waals surface area contributed by atoms with Gasteiger partial charge in [-0.3, -0.25) is 4.79 Å². The van der Waals surface area contributed by atoms with Crippen molar-refractivity contribution in [2.45, 2.75) is 25.9 Å². The van der Waals surface area contributed by atoms with Crippen LogP contribution in [0, 0.1) is 5.92 Å². The fraction of sp³-hybridized carbons (Fsp3) is 0.455. The largest absolute Gasteiger partial charge is 0.431 e. The van der Waals surface area contributed by atoms with Gasteiger partial charge in [0, 0.05) is 12.1 Å². The number of carbonyl (C=O) groups is 1.